The highest BCUT2D eigenvalue weighted by atomic mass is 32.2. The number of nitrogens with zero attached hydrogens (tertiary/aromatic N) is 1. The van der Waals surface area contributed by atoms with Gasteiger partial charge in [0.05, 0.1) is 11.3 Å². The highest BCUT2D eigenvalue weighted by molar-refractivity contribution is 7.89. The van der Waals surface area contributed by atoms with Gasteiger partial charge in [0.15, 0.2) is 0 Å². The average molecular weight is 393 g/mol. The summed E-state index contributed by atoms with van der Waals surface area (Å²) in [6.07, 6.45) is 1.71. The van der Waals surface area contributed by atoms with Gasteiger partial charge < -0.3 is 4.90 Å². The van der Waals surface area contributed by atoms with E-state index in [0.717, 1.165) is 16.0 Å². The van der Waals surface area contributed by atoms with Crippen molar-refractivity contribution >= 4 is 27.3 Å². The van der Waals surface area contributed by atoms with Crippen molar-refractivity contribution in [1.82, 2.24) is 9.62 Å². The van der Waals surface area contributed by atoms with Gasteiger partial charge in [-0.1, -0.05) is 23.8 Å². The fraction of sp³-hybridized carbons (Fsp3) is 0.421. The number of amides is 1. The molecule has 26 heavy (non-hydrogen) atoms. The molecule has 0 atom stereocenters. The van der Waals surface area contributed by atoms with E-state index in [1.807, 2.05) is 48.4 Å². The van der Waals surface area contributed by atoms with Crippen molar-refractivity contribution in [2.24, 2.45) is 0 Å². The lowest BCUT2D eigenvalue weighted by Gasteiger charge is -2.32. The third-order valence-corrected chi connectivity index (χ3v) is 7.25. The van der Waals surface area contributed by atoms with Crippen LogP contribution in [0.15, 0.2) is 40.6 Å². The Morgan fingerprint density at radius 3 is 2.58 bits per heavy atom. The first kappa shape index (κ1) is 19.1. The zero-order chi connectivity index (χ0) is 18.7. The van der Waals surface area contributed by atoms with Crippen LogP contribution in [0.25, 0.3) is 0 Å². The molecule has 1 amide bonds. The fourth-order valence-corrected chi connectivity index (χ4v) is 5.53. The van der Waals surface area contributed by atoms with Crippen molar-refractivity contribution in [3.05, 3.63) is 51.7 Å². The lowest BCUT2D eigenvalue weighted by atomic mass is 10.1. The van der Waals surface area contributed by atoms with Crippen LogP contribution in [-0.2, 0) is 21.2 Å². The van der Waals surface area contributed by atoms with Gasteiger partial charge in [-0.05, 0) is 49.8 Å². The van der Waals surface area contributed by atoms with Crippen molar-refractivity contribution in [3.8, 4) is 0 Å². The van der Waals surface area contributed by atoms with Crippen molar-refractivity contribution in [2.75, 3.05) is 13.1 Å². The molecule has 0 unspecified atom stereocenters. The number of likely N-dealkylation sites (tertiary alicyclic amines) is 1. The maximum atomic E-state index is 12.7. The quantitative estimate of drug-likeness (QED) is 0.851. The number of carbonyl (C=O) groups excluding carboxylic acids is 1. The van der Waals surface area contributed by atoms with Crippen LogP contribution in [0, 0.1) is 13.8 Å². The van der Waals surface area contributed by atoms with E-state index in [2.05, 4.69) is 4.72 Å². The standard InChI is InChI=1S/C19H24N2O3S2/c1-14-5-6-18(15(2)12-14)26(23,24)20-16-7-9-21(10-8-16)19(22)13-17-4-3-11-25-17/h3-6,11-12,16,20H,7-10,13H2,1-2H3. The van der Waals surface area contributed by atoms with Gasteiger partial charge in [-0.2, -0.15) is 0 Å². The van der Waals surface area contributed by atoms with E-state index < -0.39 is 10.0 Å². The highest BCUT2D eigenvalue weighted by Crippen LogP contribution is 2.20. The van der Waals surface area contributed by atoms with Gasteiger partial charge in [-0.25, -0.2) is 13.1 Å². The first-order chi connectivity index (χ1) is 12.3. The largest absolute Gasteiger partial charge is 0.342 e. The maximum Gasteiger partial charge on any atom is 0.241 e. The Labute approximate surface area is 159 Å². The van der Waals surface area contributed by atoms with Crippen LogP contribution in [0.3, 0.4) is 0 Å². The number of hydrogen-bond acceptors (Lipinski definition) is 4. The van der Waals surface area contributed by atoms with Crippen LogP contribution >= 0.6 is 11.3 Å². The van der Waals surface area contributed by atoms with Crippen LogP contribution in [-0.4, -0.2) is 38.4 Å². The summed E-state index contributed by atoms with van der Waals surface area (Å²) >= 11 is 1.58. The zero-order valence-electron chi connectivity index (χ0n) is 15.1. The molecule has 1 saturated heterocycles. The number of benzene rings is 1. The number of hydrogen-bond donors (Lipinski definition) is 1. The molecule has 0 aliphatic carbocycles. The van der Waals surface area contributed by atoms with E-state index in [4.69, 9.17) is 0 Å². The second-order valence-corrected chi connectivity index (χ2v) is 9.52. The second kappa shape index (κ2) is 7.90. The second-order valence-electron chi connectivity index (χ2n) is 6.80. The molecule has 0 saturated carbocycles. The SMILES string of the molecule is Cc1ccc(S(=O)(=O)NC2CCN(C(=O)Cc3cccs3)CC2)c(C)c1. The van der Waals surface area contributed by atoms with Crippen molar-refractivity contribution in [2.45, 2.75) is 44.0 Å². The van der Waals surface area contributed by atoms with E-state index in [0.29, 0.717) is 37.2 Å². The van der Waals surface area contributed by atoms with Gasteiger partial charge in [0.1, 0.15) is 0 Å². The molecular formula is C19H24N2O3S2. The summed E-state index contributed by atoms with van der Waals surface area (Å²) in [6, 6.07) is 9.13. The predicted molar refractivity (Wildman–Crippen MR) is 104 cm³/mol. The highest BCUT2D eigenvalue weighted by Gasteiger charge is 2.27. The van der Waals surface area contributed by atoms with Gasteiger partial charge >= 0.3 is 0 Å². The normalized spacial score (nSPS) is 16.0. The summed E-state index contributed by atoms with van der Waals surface area (Å²) in [6.45, 7) is 4.93. The summed E-state index contributed by atoms with van der Waals surface area (Å²) in [5.74, 6) is 0.114. The molecule has 3 rings (SSSR count). The van der Waals surface area contributed by atoms with Gasteiger partial charge in [0, 0.05) is 24.0 Å². The van der Waals surface area contributed by atoms with Gasteiger partial charge in [-0.15, -0.1) is 11.3 Å². The summed E-state index contributed by atoms with van der Waals surface area (Å²) in [4.78, 5) is 15.6. The van der Waals surface area contributed by atoms with Crippen LogP contribution in [0.4, 0.5) is 0 Å². The van der Waals surface area contributed by atoms with E-state index in [1.54, 1.807) is 17.4 Å². The Morgan fingerprint density at radius 1 is 1.23 bits per heavy atom. The predicted octanol–water partition coefficient (Wildman–Crippen LogP) is 2.88. The zero-order valence-corrected chi connectivity index (χ0v) is 16.7. The Bertz CT molecular complexity index is 868. The van der Waals surface area contributed by atoms with Crippen LogP contribution in [0.2, 0.25) is 0 Å². The molecule has 0 radical (unpaired) electrons. The van der Waals surface area contributed by atoms with Crippen molar-refractivity contribution < 1.29 is 13.2 Å². The molecule has 1 fully saturated rings. The van der Waals surface area contributed by atoms with Crippen LogP contribution in [0.1, 0.15) is 28.8 Å². The number of nitrogens with one attached hydrogen (secondary N) is 1. The minimum absolute atomic E-state index is 0.114. The third kappa shape index (κ3) is 4.52. The van der Waals surface area contributed by atoms with Crippen LogP contribution < -0.4 is 4.72 Å². The molecule has 1 aliphatic rings. The summed E-state index contributed by atoms with van der Waals surface area (Å²) < 4.78 is 28.2. The maximum absolute atomic E-state index is 12.7. The molecule has 5 nitrogen and oxygen atoms in total. The Hall–Kier alpha value is -1.70. The van der Waals surface area contributed by atoms with Gasteiger partial charge in [-0.3, -0.25) is 4.79 Å². The summed E-state index contributed by atoms with van der Waals surface area (Å²) in [5.41, 5.74) is 1.79. The van der Waals surface area contributed by atoms with E-state index in [-0.39, 0.29) is 11.9 Å². The molecule has 7 heteroatoms. The van der Waals surface area contributed by atoms with Crippen molar-refractivity contribution in [3.63, 3.8) is 0 Å². The van der Waals surface area contributed by atoms with Gasteiger partial charge in [0.2, 0.25) is 15.9 Å². The number of sulfonamides is 1. The molecule has 2 aromatic rings. The first-order valence-electron chi connectivity index (χ1n) is 8.75. The molecule has 2 heterocycles. The Morgan fingerprint density at radius 2 is 1.96 bits per heavy atom. The minimum atomic E-state index is -3.54. The lowest BCUT2D eigenvalue weighted by molar-refractivity contribution is -0.131. The number of thiophene rings is 1. The summed E-state index contributed by atoms with van der Waals surface area (Å²) in [5, 5.41) is 1.97. The third-order valence-electron chi connectivity index (χ3n) is 4.69. The molecule has 1 aromatic carbocycles. The van der Waals surface area contributed by atoms with Crippen molar-refractivity contribution in [1.29, 1.82) is 0 Å². The molecule has 1 N–H and O–H groups in total. The van der Waals surface area contributed by atoms with Crippen LogP contribution in [0.5, 0.6) is 0 Å². The topological polar surface area (TPSA) is 66.5 Å². The molecule has 140 valence electrons. The van der Waals surface area contributed by atoms with E-state index >= 15 is 0 Å². The number of piperidine rings is 1. The monoisotopic (exact) mass is 392 g/mol. The first-order valence-corrected chi connectivity index (χ1v) is 11.1. The fourth-order valence-electron chi connectivity index (χ4n) is 3.30. The molecular weight excluding hydrogens is 368 g/mol. The Balaban J connectivity index is 1.57. The van der Waals surface area contributed by atoms with Gasteiger partial charge in [0.25, 0.3) is 0 Å². The number of aryl methyl sites for hydroxylation is 2. The summed E-state index contributed by atoms with van der Waals surface area (Å²) in [7, 11) is -3.54. The average Bonchev–Trinajstić information content (AvgIpc) is 3.07. The lowest BCUT2D eigenvalue weighted by Crippen LogP contribution is -2.46. The molecule has 1 aromatic heterocycles. The molecule has 0 bridgehead atoms. The van der Waals surface area contributed by atoms with E-state index in [9.17, 15) is 13.2 Å². The molecule has 0 spiro atoms. The Kier molecular flexibility index (Phi) is 5.79. The smallest absolute Gasteiger partial charge is 0.241 e. The molecule has 1 aliphatic heterocycles. The number of carbonyl (C=O) groups is 1. The van der Waals surface area contributed by atoms with E-state index in [1.165, 1.54) is 0 Å². The number of rotatable bonds is 5. The minimum Gasteiger partial charge on any atom is -0.342 e.